The molecule has 2 aliphatic rings. The fraction of sp³-hybridized carbons (Fsp3) is 0.677. The van der Waals surface area contributed by atoms with Crippen LogP contribution in [0.3, 0.4) is 0 Å². The molecule has 2 aliphatic heterocycles. The van der Waals surface area contributed by atoms with Gasteiger partial charge in [0, 0.05) is 44.2 Å². The minimum atomic E-state index is -1.09. The fourth-order valence-electron chi connectivity index (χ4n) is 5.43. The third-order valence-electron chi connectivity index (χ3n) is 7.32. The summed E-state index contributed by atoms with van der Waals surface area (Å²) in [5, 5.41) is 2.87. The Hall–Kier alpha value is -3.30. The lowest BCUT2D eigenvalue weighted by atomic mass is 9.97. The SMILES string of the molecule is CCCC(=O)NCCN1C(=O)C(C)(C)Oc2cc(C)c(C(=O)N(C(C)C)[C@@H]3CCCN(C(=O)OC(C)(C)C)C3)cc21. The summed E-state index contributed by atoms with van der Waals surface area (Å²) in [6, 6.07) is 3.24. The van der Waals surface area contributed by atoms with Crippen LogP contribution < -0.4 is 15.0 Å². The number of anilines is 1. The maximum absolute atomic E-state index is 14.2. The van der Waals surface area contributed by atoms with E-state index in [1.54, 1.807) is 29.7 Å². The number of benzene rings is 1. The topological polar surface area (TPSA) is 108 Å². The summed E-state index contributed by atoms with van der Waals surface area (Å²) in [7, 11) is 0. The quantitative estimate of drug-likeness (QED) is 0.485. The number of amides is 4. The molecule has 228 valence electrons. The zero-order valence-corrected chi connectivity index (χ0v) is 26.3. The zero-order valence-electron chi connectivity index (χ0n) is 26.3. The van der Waals surface area contributed by atoms with Gasteiger partial charge < -0.3 is 29.5 Å². The lowest BCUT2D eigenvalue weighted by molar-refractivity contribution is -0.132. The largest absolute Gasteiger partial charge is 0.476 e. The van der Waals surface area contributed by atoms with Gasteiger partial charge in [-0.2, -0.15) is 0 Å². The van der Waals surface area contributed by atoms with Gasteiger partial charge in [-0.25, -0.2) is 4.79 Å². The Bertz CT molecular complexity index is 1160. The van der Waals surface area contributed by atoms with Crippen molar-refractivity contribution in [1.82, 2.24) is 15.1 Å². The van der Waals surface area contributed by atoms with E-state index in [2.05, 4.69) is 5.32 Å². The third-order valence-corrected chi connectivity index (χ3v) is 7.32. The number of carbonyl (C=O) groups is 4. The van der Waals surface area contributed by atoms with Crippen molar-refractivity contribution in [3.05, 3.63) is 23.3 Å². The average molecular weight is 573 g/mol. The van der Waals surface area contributed by atoms with Gasteiger partial charge in [0.25, 0.3) is 11.8 Å². The van der Waals surface area contributed by atoms with Gasteiger partial charge in [-0.05, 0) is 92.3 Å². The Balaban J connectivity index is 1.91. The number of carbonyl (C=O) groups excluding carboxylic acids is 4. The third kappa shape index (κ3) is 7.71. The molecule has 4 amide bonds. The first-order valence-electron chi connectivity index (χ1n) is 14.8. The van der Waals surface area contributed by atoms with Crippen LogP contribution in [0.15, 0.2) is 12.1 Å². The normalized spacial score (nSPS) is 18.5. The molecule has 0 unspecified atom stereocenters. The van der Waals surface area contributed by atoms with Crippen LogP contribution >= 0.6 is 0 Å². The Morgan fingerprint density at radius 3 is 2.51 bits per heavy atom. The number of nitrogens with one attached hydrogen (secondary N) is 1. The molecule has 0 spiro atoms. The molecule has 10 heteroatoms. The maximum atomic E-state index is 14.2. The number of hydrogen-bond donors (Lipinski definition) is 1. The lowest BCUT2D eigenvalue weighted by Crippen LogP contribution is -2.55. The zero-order chi connectivity index (χ0) is 30.7. The summed E-state index contributed by atoms with van der Waals surface area (Å²) < 4.78 is 11.7. The lowest BCUT2D eigenvalue weighted by Gasteiger charge is -2.42. The minimum Gasteiger partial charge on any atom is -0.476 e. The Morgan fingerprint density at radius 1 is 1.22 bits per heavy atom. The summed E-state index contributed by atoms with van der Waals surface area (Å²) in [6.45, 7) is 18.2. The van der Waals surface area contributed by atoms with Crippen molar-refractivity contribution in [1.29, 1.82) is 0 Å². The maximum Gasteiger partial charge on any atom is 0.410 e. The number of ether oxygens (including phenoxy) is 2. The number of nitrogens with zero attached hydrogens (tertiary/aromatic N) is 3. The molecule has 0 radical (unpaired) electrons. The van der Waals surface area contributed by atoms with Gasteiger partial charge in [-0.1, -0.05) is 6.92 Å². The molecule has 10 nitrogen and oxygen atoms in total. The molecule has 1 saturated heterocycles. The van der Waals surface area contributed by atoms with E-state index < -0.39 is 11.2 Å². The fourth-order valence-corrected chi connectivity index (χ4v) is 5.43. The van der Waals surface area contributed by atoms with Crippen LogP contribution in [0.2, 0.25) is 0 Å². The minimum absolute atomic E-state index is 0.0621. The molecule has 1 aromatic carbocycles. The number of hydrogen-bond acceptors (Lipinski definition) is 6. The Labute approximate surface area is 244 Å². The van der Waals surface area contributed by atoms with Crippen molar-refractivity contribution in [2.75, 3.05) is 31.1 Å². The molecule has 3 rings (SSSR count). The highest BCUT2D eigenvalue weighted by Crippen LogP contribution is 2.40. The van der Waals surface area contributed by atoms with E-state index in [4.69, 9.17) is 9.47 Å². The molecule has 1 atom stereocenters. The van der Waals surface area contributed by atoms with Crippen LogP contribution in [-0.4, -0.2) is 83.1 Å². The van der Waals surface area contributed by atoms with Crippen molar-refractivity contribution in [2.24, 2.45) is 0 Å². The highest BCUT2D eigenvalue weighted by molar-refractivity contribution is 6.05. The van der Waals surface area contributed by atoms with E-state index in [0.717, 1.165) is 24.8 Å². The van der Waals surface area contributed by atoms with E-state index in [1.807, 2.05) is 59.4 Å². The highest BCUT2D eigenvalue weighted by Gasteiger charge is 2.42. The molecule has 0 bridgehead atoms. The highest BCUT2D eigenvalue weighted by atomic mass is 16.6. The van der Waals surface area contributed by atoms with Gasteiger partial charge in [0.1, 0.15) is 11.4 Å². The Kier molecular flexibility index (Phi) is 9.98. The predicted molar refractivity (Wildman–Crippen MR) is 158 cm³/mol. The Morgan fingerprint density at radius 2 is 1.90 bits per heavy atom. The van der Waals surface area contributed by atoms with Crippen molar-refractivity contribution < 1.29 is 28.7 Å². The summed E-state index contributed by atoms with van der Waals surface area (Å²) in [5.41, 5.74) is 0.0332. The molecule has 2 heterocycles. The van der Waals surface area contributed by atoms with E-state index in [1.165, 1.54) is 0 Å². The second-order valence-electron chi connectivity index (χ2n) is 12.8. The molecular formula is C31H48N4O6. The standard InChI is InChI=1S/C31H48N4O6/c1-10-12-26(36)32-14-16-34-24-18-23(21(4)17-25(24)40-31(8,9)28(34)38)27(37)35(20(2)3)22-13-11-15-33(19-22)29(39)41-30(5,6)7/h17-18,20,22H,10-16,19H2,1-9H3,(H,32,36)/t22-/m1/s1. The van der Waals surface area contributed by atoms with E-state index in [-0.39, 0.29) is 49.0 Å². The van der Waals surface area contributed by atoms with Gasteiger partial charge in [-0.3, -0.25) is 14.4 Å². The molecule has 0 aliphatic carbocycles. The summed E-state index contributed by atoms with van der Waals surface area (Å²) in [5.74, 6) is 0.0594. The van der Waals surface area contributed by atoms with E-state index in [0.29, 0.717) is 36.5 Å². The van der Waals surface area contributed by atoms with Crippen molar-refractivity contribution >= 4 is 29.5 Å². The van der Waals surface area contributed by atoms with Crippen molar-refractivity contribution in [3.8, 4) is 5.75 Å². The van der Waals surface area contributed by atoms with Gasteiger partial charge in [-0.15, -0.1) is 0 Å². The van der Waals surface area contributed by atoms with E-state index >= 15 is 0 Å². The predicted octanol–water partition coefficient (Wildman–Crippen LogP) is 4.67. The molecule has 1 aromatic rings. The van der Waals surface area contributed by atoms with Crippen LogP contribution in [0, 0.1) is 6.92 Å². The van der Waals surface area contributed by atoms with Gasteiger partial charge in [0.2, 0.25) is 5.91 Å². The molecule has 1 fully saturated rings. The average Bonchev–Trinajstić information content (AvgIpc) is 2.85. The van der Waals surface area contributed by atoms with Gasteiger partial charge in [0.05, 0.1) is 11.7 Å². The van der Waals surface area contributed by atoms with Crippen LogP contribution in [0.25, 0.3) is 0 Å². The van der Waals surface area contributed by atoms with Gasteiger partial charge in [0.15, 0.2) is 5.60 Å². The van der Waals surface area contributed by atoms with Gasteiger partial charge >= 0.3 is 6.09 Å². The second kappa shape index (κ2) is 12.7. The summed E-state index contributed by atoms with van der Waals surface area (Å²) in [6.07, 6.45) is 2.33. The van der Waals surface area contributed by atoms with Crippen LogP contribution in [0.1, 0.15) is 97.0 Å². The first-order valence-corrected chi connectivity index (χ1v) is 14.8. The number of fused-ring (bicyclic) bond motifs is 1. The molecule has 41 heavy (non-hydrogen) atoms. The summed E-state index contributed by atoms with van der Waals surface area (Å²) in [4.78, 5) is 57.6. The first-order chi connectivity index (χ1) is 19.1. The van der Waals surface area contributed by atoms with Crippen molar-refractivity contribution in [2.45, 2.75) is 111 Å². The smallest absolute Gasteiger partial charge is 0.410 e. The van der Waals surface area contributed by atoms with Crippen LogP contribution in [0.4, 0.5) is 10.5 Å². The monoisotopic (exact) mass is 572 g/mol. The van der Waals surface area contributed by atoms with Crippen molar-refractivity contribution in [3.63, 3.8) is 0 Å². The number of likely N-dealkylation sites (tertiary alicyclic amines) is 1. The summed E-state index contributed by atoms with van der Waals surface area (Å²) >= 11 is 0. The molecule has 0 saturated carbocycles. The van der Waals surface area contributed by atoms with E-state index in [9.17, 15) is 19.2 Å². The number of piperidine rings is 1. The van der Waals surface area contributed by atoms with Crippen LogP contribution in [-0.2, 0) is 14.3 Å². The molecular weight excluding hydrogens is 524 g/mol. The number of rotatable bonds is 8. The number of aryl methyl sites for hydroxylation is 1. The molecule has 0 aromatic heterocycles. The molecule has 1 N–H and O–H groups in total. The second-order valence-corrected chi connectivity index (χ2v) is 12.8. The van der Waals surface area contributed by atoms with Crippen LogP contribution in [0.5, 0.6) is 5.75 Å². The first kappa shape index (κ1) is 32.2.